The summed E-state index contributed by atoms with van der Waals surface area (Å²) in [6, 6.07) is 14.8. The number of benzene rings is 2. The van der Waals surface area contributed by atoms with Crippen molar-refractivity contribution < 1.29 is 0 Å². The quantitative estimate of drug-likeness (QED) is 0.764. The fraction of sp³-hybridized carbons (Fsp3) is 0.333. The van der Waals surface area contributed by atoms with Gasteiger partial charge >= 0.3 is 0 Å². The van der Waals surface area contributed by atoms with Gasteiger partial charge in [0.15, 0.2) is 0 Å². The van der Waals surface area contributed by atoms with Crippen LogP contribution in [0.25, 0.3) is 10.8 Å². The van der Waals surface area contributed by atoms with E-state index >= 15 is 0 Å². The Morgan fingerprint density at radius 1 is 0.938 bits per heavy atom. The minimum absolute atomic E-state index is 0.0681. The molecule has 1 nitrogen and oxygen atoms in total. The van der Waals surface area contributed by atoms with Crippen molar-refractivity contribution in [3.05, 3.63) is 48.0 Å². The summed E-state index contributed by atoms with van der Waals surface area (Å²) in [7, 11) is 0. The molecule has 2 rings (SSSR count). The van der Waals surface area contributed by atoms with Gasteiger partial charge in [0.05, 0.1) is 0 Å². The fourth-order valence-electron chi connectivity index (χ4n) is 1.99. The average molecular weight is 213 g/mol. The molecule has 0 aliphatic rings. The van der Waals surface area contributed by atoms with Crippen molar-refractivity contribution in [2.24, 2.45) is 11.1 Å². The summed E-state index contributed by atoms with van der Waals surface area (Å²) < 4.78 is 0. The van der Waals surface area contributed by atoms with E-state index in [4.69, 9.17) is 5.73 Å². The van der Waals surface area contributed by atoms with E-state index in [1.54, 1.807) is 0 Å². The molecule has 0 unspecified atom stereocenters. The Morgan fingerprint density at radius 2 is 1.56 bits per heavy atom. The molecule has 0 saturated heterocycles. The number of nitrogens with two attached hydrogens (primary N) is 1. The molecule has 84 valence electrons. The third kappa shape index (κ3) is 1.96. The third-order valence-electron chi connectivity index (χ3n) is 3.09. The Balaban J connectivity index is 2.61. The summed E-state index contributed by atoms with van der Waals surface area (Å²) in [6.45, 7) is 6.54. The van der Waals surface area contributed by atoms with Crippen molar-refractivity contribution in [2.45, 2.75) is 26.8 Å². The lowest BCUT2D eigenvalue weighted by Crippen LogP contribution is -2.26. The Morgan fingerprint density at radius 3 is 2.25 bits per heavy atom. The lowest BCUT2D eigenvalue weighted by molar-refractivity contribution is 0.328. The van der Waals surface area contributed by atoms with Crippen LogP contribution in [0.2, 0.25) is 0 Å². The van der Waals surface area contributed by atoms with E-state index in [0.717, 1.165) is 0 Å². The second-order valence-corrected chi connectivity index (χ2v) is 5.41. The van der Waals surface area contributed by atoms with Crippen LogP contribution in [0, 0.1) is 5.41 Å². The van der Waals surface area contributed by atoms with Crippen LogP contribution in [0.5, 0.6) is 0 Å². The molecular weight excluding hydrogens is 194 g/mol. The van der Waals surface area contributed by atoms with Gasteiger partial charge in [-0.1, -0.05) is 63.2 Å². The van der Waals surface area contributed by atoms with Crippen LogP contribution in [-0.2, 0) is 0 Å². The topological polar surface area (TPSA) is 26.0 Å². The van der Waals surface area contributed by atoms with Crippen molar-refractivity contribution in [1.29, 1.82) is 0 Å². The van der Waals surface area contributed by atoms with Crippen molar-refractivity contribution in [2.75, 3.05) is 0 Å². The standard InChI is InChI=1S/C15H19N/c1-15(2,3)14(16)13-10-6-8-11-7-4-5-9-12(11)13/h4-10,14H,16H2,1-3H3/t14-/m1/s1. The van der Waals surface area contributed by atoms with Crippen LogP contribution in [-0.4, -0.2) is 0 Å². The first-order valence-corrected chi connectivity index (χ1v) is 5.73. The monoisotopic (exact) mass is 213 g/mol. The molecule has 1 heteroatoms. The predicted molar refractivity (Wildman–Crippen MR) is 70.3 cm³/mol. The molecule has 0 aromatic heterocycles. The molecule has 0 heterocycles. The zero-order valence-electron chi connectivity index (χ0n) is 10.2. The van der Waals surface area contributed by atoms with Crippen LogP contribution in [0.15, 0.2) is 42.5 Å². The molecule has 0 radical (unpaired) electrons. The molecule has 0 saturated carbocycles. The summed E-state index contributed by atoms with van der Waals surface area (Å²) in [5, 5.41) is 2.53. The van der Waals surface area contributed by atoms with E-state index in [-0.39, 0.29) is 11.5 Å². The van der Waals surface area contributed by atoms with Gasteiger partial charge in [-0.25, -0.2) is 0 Å². The van der Waals surface area contributed by atoms with Crippen LogP contribution in [0.3, 0.4) is 0 Å². The maximum atomic E-state index is 6.34. The van der Waals surface area contributed by atoms with Gasteiger partial charge in [-0.15, -0.1) is 0 Å². The largest absolute Gasteiger partial charge is 0.323 e. The van der Waals surface area contributed by atoms with Crippen LogP contribution in [0.4, 0.5) is 0 Å². The normalized spacial score (nSPS) is 14.0. The van der Waals surface area contributed by atoms with Crippen LogP contribution in [0.1, 0.15) is 32.4 Å². The molecule has 1 atom stereocenters. The van der Waals surface area contributed by atoms with E-state index in [1.165, 1.54) is 16.3 Å². The van der Waals surface area contributed by atoms with Gasteiger partial charge in [-0.2, -0.15) is 0 Å². The number of hydrogen-bond acceptors (Lipinski definition) is 1. The van der Waals surface area contributed by atoms with E-state index < -0.39 is 0 Å². The first-order valence-electron chi connectivity index (χ1n) is 5.73. The lowest BCUT2D eigenvalue weighted by Gasteiger charge is -2.28. The minimum Gasteiger partial charge on any atom is -0.323 e. The minimum atomic E-state index is 0.0681. The molecule has 0 bridgehead atoms. The highest BCUT2D eigenvalue weighted by atomic mass is 14.7. The van der Waals surface area contributed by atoms with Gasteiger partial charge in [0.2, 0.25) is 0 Å². The fourth-order valence-corrected chi connectivity index (χ4v) is 1.99. The molecule has 2 aromatic rings. The molecule has 0 amide bonds. The van der Waals surface area contributed by atoms with Gasteiger partial charge in [-0.05, 0) is 21.8 Å². The molecule has 0 fully saturated rings. The van der Waals surface area contributed by atoms with Gasteiger partial charge in [0.25, 0.3) is 0 Å². The maximum Gasteiger partial charge on any atom is 0.0350 e. The van der Waals surface area contributed by atoms with Crippen LogP contribution >= 0.6 is 0 Å². The Bertz CT molecular complexity index is 489. The summed E-state index contributed by atoms with van der Waals surface area (Å²) in [6.07, 6.45) is 0. The van der Waals surface area contributed by atoms with Crippen LogP contribution < -0.4 is 5.73 Å². The molecule has 0 aliphatic carbocycles. The Kier molecular flexibility index (Phi) is 2.73. The number of hydrogen-bond donors (Lipinski definition) is 1. The molecule has 16 heavy (non-hydrogen) atoms. The average Bonchev–Trinajstić information content (AvgIpc) is 2.26. The molecule has 2 aromatic carbocycles. The molecular formula is C15H19N. The molecule has 0 aliphatic heterocycles. The van der Waals surface area contributed by atoms with E-state index in [2.05, 4.69) is 63.2 Å². The first-order chi connectivity index (χ1) is 7.50. The highest BCUT2D eigenvalue weighted by Gasteiger charge is 2.23. The van der Waals surface area contributed by atoms with Crippen molar-refractivity contribution in [3.8, 4) is 0 Å². The van der Waals surface area contributed by atoms with E-state index in [1.807, 2.05) is 0 Å². The highest BCUT2D eigenvalue weighted by Crippen LogP contribution is 2.34. The van der Waals surface area contributed by atoms with Crippen molar-refractivity contribution >= 4 is 10.8 Å². The third-order valence-corrected chi connectivity index (χ3v) is 3.09. The Labute approximate surface area is 97.3 Å². The zero-order chi connectivity index (χ0) is 11.8. The summed E-state index contributed by atoms with van der Waals surface area (Å²) in [5.41, 5.74) is 7.67. The number of fused-ring (bicyclic) bond motifs is 1. The second kappa shape index (κ2) is 3.91. The summed E-state index contributed by atoms with van der Waals surface area (Å²) in [4.78, 5) is 0. The van der Waals surface area contributed by atoms with Crippen molar-refractivity contribution in [1.82, 2.24) is 0 Å². The highest BCUT2D eigenvalue weighted by molar-refractivity contribution is 5.86. The second-order valence-electron chi connectivity index (χ2n) is 5.41. The van der Waals surface area contributed by atoms with Gasteiger partial charge in [0, 0.05) is 6.04 Å². The first kappa shape index (κ1) is 11.2. The molecule has 0 spiro atoms. The smallest absolute Gasteiger partial charge is 0.0350 e. The van der Waals surface area contributed by atoms with Gasteiger partial charge in [-0.3, -0.25) is 0 Å². The van der Waals surface area contributed by atoms with E-state index in [9.17, 15) is 0 Å². The number of rotatable bonds is 1. The Hall–Kier alpha value is -1.34. The predicted octanol–water partition coefficient (Wildman–Crippen LogP) is 3.89. The maximum absolute atomic E-state index is 6.34. The van der Waals surface area contributed by atoms with Gasteiger partial charge in [0.1, 0.15) is 0 Å². The van der Waals surface area contributed by atoms with Crippen molar-refractivity contribution in [3.63, 3.8) is 0 Å². The van der Waals surface area contributed by atoms with E-state index in [0.29, 0.717) is 0 Å². The summed E-state index contributed by atoms with van der Waals surface area (Å²) >= 11 is 0. The molecule has 2 N–H and O–H groups in total. The SMILES string of the molecule is CC(C)(C)[C@H](N)c1cccc2ccccc12. The van der Waals surface area contributed by atoms with Gasteiger partial charge < -0.3 is 5.73 Å². The zero-order valence-corrected chi connectivity index (χ0v) is 10.2. The lowest BCUT2D eigenvalue weighted by atomic mass is 9.81. The summed E-state index contributed by atoms with van der Waals surface area (Å²) in [5.74, 6) is 0.